The van der Waals surface area contributed by atoms with E-state index in [1.807, 2.05) is 0 Å². The molecule has 0 aliphatic rings. The van der Waals surface area contributed by atoms with Gasteiger partial charge in [-0.2, -0.15) is 0 Å². The minimum absolute atomic E-state index is 0.0443. The summed E-state index contributed by atoms with van der Waals surface area (Å²) in [6.07, 6.45) is 0. The second-order valence-corrected chi connectivity index (χ2v) is 5.47. The van der Waals surface area contributed by atoms with E-state index >= 15 is 0 Å². The van der Waals surface area contributed by atoms with Gasteiger partial charge in [0.05, 0.1) is 11.3 Å². The molecule has 6 heteroatoms. The molecule has 1 N–H and O–H groups in total. The monoisotopic (exact) mass is 234 g/mol. The highest BCUT2D eigenvalue weighted by Gasteiger charge is 2.09. The van der Waals surface area contributed by atoms with Crippen molar-refractivity contribution in [2.45, 2.75) is 5.75 Å². The first-order chi connectivity index (χ1) is 6.38. The van der Waals surface area contributed by atoms with E-state index in [4.69, 9.17) is 15.8 Å². The third-order valence-electron chi connectivity index (χ3n) is 1.51. The van der Waals surface area contributed by atoms with Gasteiger partial charge in [0.1, 0.15) is 0 Å². The second kappa shape index (κ2) is 3.98. The third-order valence-corrected chi connectivity index (χ3v) is 2.52. The standard InChI is InChI=1S/C8H7ClO4S/c9-14(12,13)5-6-2-1-3-7(4-6)8(10)11/h1-4H,5H2,(H,10,11). The largest absolute Gasteiger partial charge is 0.478 e. The van der Waals surface area contributed by atoms with Crippen LogP contribution in [0.25, 0.3) is 0 Å². The summed E-state index contributed by atoms with van der Waals surface area (Å²) in [5.41, 5.74) is 0.405. The fourth-order valence-electron chi connectivity index (χ4n) is 0.993. The lowest BCUT2D eigenvalue weighted by Crippen LogP contribution is -2.00. The Kier molecular flexibility index (Phi) is 3.13. The average molecular weight is 235 g/mol. The fourth-order valence-corrected chi connectivity index (χ4v) is 1.95. The number of hydrogen-bond donors (Lipinski definition) is 1. The molecule has 0 bridgehead atoms. The minimum Gasteiger partial charge on any atom is -0.478 e. The van der Waals surface area contributed by atoms with Crippen molar-refractivity contribution in [3.05, 3.63) is 35.4 Å². The number of aromatic carboxylic acids is 1. The molecule has 14 heavy (non-hydrogen) atoms. The molecule has 0 saturated carbocycles. The van der Waals surface area contributed by atoms with Gasteiger partial charge in [-0.05, 0) is 17.7 Å². The van der Waals surface area contributed by atoms with Gasteiger partial charge < -0.3 is 5.11 Å². The second-order valence-electron chi connectivity index (χ2n) is 2.69. The van der Waals surface area contributed by atoms with E-state index in [0.29, 0.717) is 5.56 Å². The van der Waals surface area contributed by atoms with Crippen LogP contribution in [0, 0.1) is 0 Å². The van der Waals surface area contributed by atoms with Crippen LogP contribution in [0.3, 0.4) is 0 Å². The maximum absolute atomic E-state index is 10.7. The Bertz CT molecular complexity index is 452. The highest BCUT2D eigenvalue weighted by molar-refractivity contribution is 8.13. The molecule has 0 fully saturated rings. The van der Waals surface area contributed by atoms with Gasteiger partial charge in [-0.25, -0.2) is 13.2 Å². The quantitative estimate of drug-likeness (QED) is 0.804. The van der Waals surface area contributed by atoms with E-state index in [1.165, 1.54) is 24.3 Å². The Hall–Kier alpha value is -1.07. The molecule has 0 amide bonds. The van der Waals surface area contributed by atoms with E-state index in [-0.39, 0.29) is 11.3 Å². The van der Waals surface area contributed by atoms with Crippen LogP contribution in [-0.2, 0) is 14.8 Å². The number of carbonyl (C=O) groups is 1. The van der Waals surface area contributed by atoms with Crippen LogP contribution in [0.2, 0.25) is 0 Å². The summed E-state index contributed by atoms with van der Waals surface area (Å²) in [7, 11) is 1.38. The first-order valence-corrected chi connectivity index (χ1v) is 6.11. The minimum atomic E-state index is -3.64. The van der Waals surface area contributed by atoms with Crippen LogP contribution in [0.5, 0.6) is 0 Å². The molecule has 1 rings (SSSR count). The first-order valence-electron chi connectivity index (χ1n) is 3.63. The molecule has 0 aliphatic carbocycles. The normalized spacial score (nSPS) is 11.2. The van der Waals surface area contributed by atoms with Gasteiger partial charge in [-0.3, -0.25) is 0 Å². The summed E-state index contributed by atoms with van der Waals surface area (Å²) in [5.74, 6) is -1.46. The van der Waals surface area contributed by atoms with Crippen molar-refractivity contribution in [1.29, 1.82) is 0 Å². The Balaban J connectivity index is 3.01. The molecule has 0 atom stereocenters. The van der Waals surface area contributed by atoms with Gasteiger partial charge in [-0.15, -0.1) is 0 Å². The van der Waals surface area contributed by atoms with Crippen LogP contribution in [-0.4, -0.2) is 19.5 Å². The smallest absolute Gasteiger partial charge is 0.335 e. The summed E-state index contributed by atoms with van der Waals surface area (Å²) in [4.78, 5) is 10.5. The average Bonchev–Trinajstić information content (AvgIpc) is 2.01. The van der Waals surface area contributed by atoms with E-state index in [9.17, 15) is 13.2 Å². The van der Waals surface area contributed by atoms with Crippen molar-refractivity contribution in [3.63, 3.8) is 0 Å². The number of hydrogen-bond acceptors (Lipinski definition) is 3. The van der Waals surface area contributed by atoms with Crippen LogP contribution in [0.15, 0.2) is 24.3 Å². The molecular formula is C8H7ClO4S. The predicted octanol–water partition coefficient (Wildman–Crippen LogP) is 1.45. The molecule has 0 aromatic heterocycles. The number of rotatable bonds is 3. The zero-order chi connectivity index (χ0) is 10.8. The highest BCUT2D eigenvalue weighted by atomic mass is 35.7. The summed E-state index contributed by atoms with van der Waals surface area (Å²) in [6, 6.07) is 5.64. The summed E-state index contributed by atoms with van der Waals surface area (Å²) >= 11 is 0. The lowest BCUT2D eigenvalue weighted by Gasteiger charge is -1.99. The van der Waals surface area contributed by atoms with Crippen molar-refractivity contribution in [2.75, 3.05) is 0 Å². The van der Waals surface area contributed by atoms with Gasteiger partial charge in [-0.1, -0.05) is 12.1 Å². The predicted molar refractivity (Wildman–Crippen MR) is 51.9 cm³/mol. The van der Waals surface area contributed by atoms with E-state index < -0.39 is 15.0 Å². The molecule has 0 heterocycles. The maximum Gasteiger partial charge on any atom is 0.335 e. The van der Waals surface area contributed by atoms with Crippen LogP contribution in [0.1, 0.15) is 15.9 Å². The van der Waals surface area contributed by atoms with Gasteiger partial charge in [0, 0.05) is 10.7 Å². The number of benzene rings is 1. The molecule has 1 aromatic rings. The summed E-state index contributed by atoms with van der Waals surface area (Å²) in [6.45, 7) is 0. The molecular weight excluding hydrogens is 228 g/mol. The summed E-state index contributed by atoms with van der Waals surface area (Å²) in [5, 5.41) is 8.63. The molecule has 0 unspecified atom stereocenters. The highest BCUT2D eigenvalue weighted by Crippen LogP contribution is 2.11. The van der Waals surface area contributed by atoms with Gasteiger partial charge >= 0.3 is 5.97 Å². The Morgan fingerprint density at radius 2 is 2.07 bits per heavy atom. The molecule has 0 spiro atoms. The van der Waals surface area contributed by atoms with E-state index in [0.717, 1.165) is 0 Å². The molecule has 1 aromatic carbocycles. The van der Waals surface area contributed by atoms with Gasteiger partial charge in [0.2, 0.25) is 9.05 Å². The molecule has 0 aliphatic heterocycles. The van der Waals surface area contributed by atoms with Crippen LogP contribution >= 0.6 is 10.7 Å². The van der Waals surface area contributed by atoms with Gasteiger partial charge in [0.15, 0.2) is 0 Å². The fraction of sp³-hybridized carbons (Fsp3) is 0.125. The topological polar surface area (TPSA) is 71.4 Å². The molecule has 76 valence electrons. The summed E-state index contributed by atoms with van der Waals surface area (Å²) < 4.78 is 21.4. The Morgan fingerprint density at radius 3 is 2.57 bits per heavy atom. The number of carboxylic acids is 1. The van der Waals surface area contributed by atoms with E-state index in [2.05, 4.69) is 0 Å². The molecule has 0 saturated heterocycles. The molecule has 0 radical (unpaired) electrons. The zero-order valence-electron chi connectivity index (χ0n) is 6.97. The number of carboxylic acid groups (broad SMARTS) is 1. The van der Waals surface area contributed by atoms with Crippen molar-refractivity contribution in [1.82, 2.24) is 0 Å². The van der Waals surface area contributed by atoms with Crippen molar-refractivity contribution >= 4 is 25.7 Å². The lowest BCUT2D eigenvalue weighted by atomic mass is 10.1. The van der Waals surface area contributed by atoms with Crippen LogP contribution in [0.4, 0.5) is 0 Å². The Labute approximate surface area is 85.5 Å². The van der Waals surface area contributed by atoms with Gasteiger partial charge in [0.25, 0.3) is 0 Å². The van der Waals surface area contributed by atoms with Crippen LogP contribution < -0.4 is 0 Å². The van der Waals surface area contributed by atoms with Crippen molar-refractivity contribution in [2.24, 2.45) is 0 Å². The Morgan fingerprint density at radius 1 is 1.43 bits per heavy atom. The van der Waals surface area contributed by atoms with Crippen molar-refractivity contribution in [3.8, 4) is 0 Å². The van der Waals surface area contributed by atoms with Crippen molar-refractivity contribution < 1.29 is 18.3 Å². The SMILES string of the molecule is O=C(O)c1cccc(CS(=O)(=O)Cl)c1. The maximum atomic E-state index is 10.7. The molecule has 4 nitrogen and oxygen atoms in total. The lowest BCUT2D eigenvalue weighted by molar-refractivity contribution is 0.0696. The van der Waals surface area contributed by atoms with E-state index in [1.54, 1.807) is 0 Å². The third kappa shape index (κ3) is 3.35. The zero-order valence-corrected chi connectivity index (χ0v) is 8.55. The first kappa shape index (κ1) is 11.0. The number of halogens is 1.